The van der Waals surface area contributed by atoms with Crippen LogP contribution in [0.25, 0.3) is 0 Å². The lowest BCUT2D eigenvalue weighted by Gasteiger charge is -2.17. The van der Waals surface area contributed by atoms with E-state index in [1.165, 1.54) is 0 Å². The number of carbonyl (C=O) groups is 1. The fourth-order valence-electron chi connectivity index (χ4n) is 2.34. The number of carbonyl (C=O) groups excluding carboxylic acids is 1. The van der Waals surface area contributed by atoms with E-state index in [-0.39, 0.29) is 17.3 Å². The first kappa shape index (κ1) is 17.1. The largest absolute Gasteiger partial charge is 0.374 e. The Hall–Kier alpha value is -1.23. The molecule has 2 rings (SSSR count). The number of benzene rings is 1. The zero-order chi connectivity index (χ0) is 16.4. The Morgan fingerprint density at radius 3 is 2.41 bits per heavy atom. The molecule has 4 nitrogen and oxygen atoms in total. The zero-order valence-corrected chi connectivity index (χ0v) is 14.1. The highest BCUT2D eigenvalue weighted by Gasteiger charge is 2.32. The van der Waals surface area contributed by atoms with Gasteiger partial charge in [-0.2, -0.15) is 0 Å². The van der Waals surface area contributed by atoms with Gasteiger partial charge in [-0.25, -0.2) is 0 Å². The second-order valence-electron chi connectivity index (χ2n) is 7.24. The lowest BCUT2D eigenvalue weighted by Crippen LogP contribution is -2.24. The maximum absolute atomic E-state index is 12.2. The zero-order valence-electron chi connectivity index (χ0n) is 14.1. The van der Waals surface area contributed by atoms with Crippen molar-refractivity contribution in [1.29, 1.82) is 0 Å². The standard InChI is InChI=1S/C18H26O4/c1-17(2,3)16(19)14-8-6-13(7-9-14)10-20-11-15-12-21-18(4,5)22-15/h6-9,15H,10-12H2,1-5H3. The molecule has 0 bridgehead atoms. The Morgan fingerprint density at radius 2 is 1.91 bits per heavy atom. The molecule has 1 saturated heterocycles. The van der Waals surface area contributed by atoms with Gasteiger partial charge in [0.25, 0.3) is 0 Å². The Balaban J connectivity index is 1.81. The molecule has 0 radical (unpaired) electrons. The van der Waals surface area contributed by atoms with Crippen molar-refractivity contribution in [3.63, 3.8) is 0 Å². The number of rotatable bonds is 5. The van der Waals surface area contributed by atoms with Crippen molar-refractivity contribution in [3.05, 3.63) is 35.4 Å². The molecule has 1 aromatic carbocycles. The average molecular weight is 306 g/mol. The first-order chi connectivity index (χ1) is 10.2. The molecule has 0 aliphatic carbocycles. The smallest absolute Gasteiger partial charge is 0.168 e. The lowest BCUT2D eigenvalue weighted by molar-refractivity contribution is -0.145. The Kier molecular flexibility index (Phi) is 5.05. The summed E-state index contributed by atoms with van der Waals surface area (Å²) in [5.41, 5.74) is 1.43. The van der Waals surface area contributed by atoms with Crippen LogP contribution in [0.3, 0.4) is 0 Å². The van der Waals surface area contributed by atoms with Gasteiger partial charge in [0.1, 0.15) is 6.10 Å². The summed E-state index contributed by atoms with van der Waals surface area (Å²) in [6.45, 7) is 11.2. The fraction of sp³-hybridized carbons (Fsp3) is 0.611. The van der Waals surface area contributed by atoms with Crippen LogP contribution in [0.4, 0.5) is 0 Å². The van der Waals surface area contributed by atoms with Crippen molar-refractivity contribution in [3.8, 4) is 0 Å². The van der Waals surface area contributed by atoms with E-state index in [1.54, 1.807) is 0 Å². The highest BCUT2D eigenvalue weighted by atomic mass is 16.7. The van der Waals surface area contributed by atoms with Crippen LogP contribution in [0, 0.1) is 5.41 Å². The molecule has 0 aromatic heterocycles. The van der Waals surface area contributed by atoms with Crippen LogP contribution in [-0.2, 0) is 20.8 Å². The minimum atomic E-state index is -0.511. The van der Waals surface area contributed by atoms with Crippen LogP contribution in [-0.4, -0.2) is 30.9 Å². The van der Waals surface area contributed by atoms with Crippen LogP contribution < -0.4 is 0 Å². The summed E-state index contributed by atoms with van der Waals surface area (Å²) >= 11 is 0. The Labute approximate surface area is 132 Å². The molecule has 0 saturated carbocycles. The Bertz CT molecular complexity index is 511. The molecule has 4 heteroatoms. The van der Waals surface area contributed by atoms with E-state index in [0.29, 0.717) is 19.8 Å². The van der Waals surface area contributed by atoms with E-state index in [2.05, 4.69) is 0 Å². The van der Waals surface area contributed by atoms with E-state index < -0.39 is 5.79 Å². The molecule has 0 N–H and O–H groups in total. The summed E-state index contributed by atoms with van der Waals surface area (Å²) in [5.74, 6) is -0.359. The minimum Gasteiger partial charge on any atom is -0.374 e. The molecule has 22 heavy (non-hydrogen) atoms. The third kappa shape index (κ3) is 4.63. The van der Waals surface area contributed by atoms with Gasteiger partial charge in [0.2, 0.25) is 0 Å². The molecule has 1 unspecified atom stereocenters. The summed E-state index contributed by atoms with van der Waals surface area (Å²) in [5, 5.41) is 0. The van der Waals surface area contributed by atoms with Crippen molar-refractivity contribution in [2.75, 3.05) is 13.2 Å². The van der Waals surface area contributed by atoms with Gasteiger partial charge >= 0.3 is 0 Å². The van der Waals surface area contributed by atoms with Gasteiger partial charge in [-0.3, -0.25) is 4.79 Å². The number of ketones is 1. The third-order valence-corrected chi connectivity index (χ3v) is 3.54. The van der Waals surface area contributed by atoms with E-state index >= 15 is 0 Å². The molecule has 122 valence electrons. The third-order valence-electron chi connectivity index (χ3n) is 3.54. The summed E-state index contributed by atoms with van der Waals surface area (Å²) < 4.78 is 16.8. The van der Waals surface area contributed by atoms with Gasteiger partial charge in [-0.05, 0) is 19.4 Å². The van der Waals surface area contributed by atoms with Crippen molar-refractivity contribution >= 4 is 5.78 Å². The predicted octanol–water partition coefficient (Wildman–Crippen LogP) is 3.58. The normalized spacial score (nSPS) is 21.0. The Morgan fingerprint density at radius 1 is 1.27 bits per heavy atom. The van der Waals surface area contributed by atoms with Crippen LogP contribution in [0.2, 0.25) is 0 Å². The molecular weight excluding hydrogens is 280 g/mol. The average Bonchev–Trinajstić information content (AvgIpc) is 2.77. The summed E-state index contributed by atoms with van der Waals surface area (Å²) in [6, 6.07) is 7.61. The maximum atomic E-state index is 12.2. The number of hydrogen-bond acceptors (Lipinski definition) is 4. The van der Waals surface area contributed by atoms with E-state index in [9.17, 15) is 4.79 Å². The summed E-state index contributed by atoms with van der Waals surface area (Å²) in [7, 11) is 0. The number of Topliss-reactive ketones (excluding diaryl/α,β-unsaturated/α-hetero) is 1. The van der Waals surface area contributed by atoms with Gasteiger partial charge < -0.3 is 14.2 Å². The van der Waals surface area contributed by atoms with Crippen molar-refractivity contribution < 1.29 is 19.0 Å². The quantitative estimate of drug-likeness (QED) is 0.780. The van der Waals surface area contributed by atoms with Crippen molar-refractivity contribution in [2.45, 2.75) is 53.1 Å². The van der Waals surface area contributed by atoms with E-state index in [4.69, 9.17) is 14.2 Å². The monoisotopic (exact) mass is 306 g/mol. The van der Waals surface area contributed by atoms with Crippen LogP contribution in [0.1, 0.15) is 50.5 Å². The van der Waals surface area contributed by atoms with Crippen LogP contribution in [0.5, 0.6) is 0 Å². The van der Waals surface area contributed by atoms with Gasteiger partial charge in [-0.15, -0.1) is 0 Å². The van der Waals surface area contributed by atoms with Gasteiger partial charge in [0, 0.05) is 11.0 Å². The second-order valence-corrected chi connectivity index (χ2v) is 7.24. The van der Waals surface area contributed by atoms with Gasteiger partial charge in [0.15, 0.2) is 11.6 Å². The highest BCUT2D eigenvalue weighted by Crippen LogP contribution is 2.23. The molecule has 1 fully saturated rings. The topological polar surface area (TPSA) is 44.8 Å². The first-order valence-electron chi connectivity index (χ1n) is 7.71. The molecule has 1 aliphatic rings. The number of hydrogen-bond donors (Lipinski definition) is 0. The molecular formula is C18H26O4. The molecule has 1 atom stereocenters. The molecule has 1 aromatic rings. The van der Waals surface area contributed by atoms with Crippen molar-refractivity contribution in [1.82, 2.24) is 0 Å². The SMILES string of the molecule is CC1(C)OCC(COCc2ccc(C(=O)C(C)(C)C)cc2)O1. The number of ether oxygens (including phenoxy) is 3. The first-order valence-corrected chi connectivity index (χ1v) is 7.71. The van der Waals surface area contributed by atoms with Gasteiger partial charge in [-0.1, -0.05) is 45.0 Å². The fourth-order valence-corrected chi connectivity index (χ4v) is 2.34. The minimum absolute atomic E-state index is 0.0169. The molecule has 1 heterocycles. The molecule has 1 aliphatic heterocycles. The van der Waals surface area contributed by atoms with E-state index in [1.807, 2.05) is 58.9 Å². The molecule has 0 spiro atoms. The summed E-state index contributed by atoms with van der Waals surface area (Å²) in [6.07, 6.45) is -0.0169. The van der Waals surface area contributed by atoms with Crippen LogP contribution >= 0.6 is 0 Å². The lowest BCUT2D eigenvalue weighted by atomic mass is 9.86. The highest BCUT2D eigenvalue weighted by molar-refractivity contribution is 5.99. The molecule has 0 amide bonds. The predicted molar refractivity (Wildman–Crippen MR) is 84.8 cm³/mol. The maximum Gasteiger partial charge on any atom is 0.168 e. The van der Waals surface area contributed by atoms with Crippen LogP contribution in [0.15, 0.2) is 24.3 Å². The van der Waals surface area contributed by atoms with E-state index in [0.717, 1.165) is 11.1 Å². The summed E-state index contributed by atoms with van der Waals surface area (Å²) in [4.78, 5) is 12.2. The second kappa shape index (κ2) is 6.49. The van der Waals surface area contributed by atoms with Crippen molar-refractivity contribution in [2.24, 2.45) is 5.41 Å². The van der Waals surface area contributed by atoms with Gasteiger partial charge in [0.05, 0.1) is 19.8 Å².